The van der Waals surface area contributed by atoms with Crippen molar-refractivity contribution in [3.63, 3.8) is 0 Å². The standard InChI is InChI=1S/C15H12BrNO2/c16-12-9-5-4-8-11(12)13-14(19-13)15(18)17-10-6-2-1-3-7-10/h1-9,13-14H,(H,17,18)/t13-,14-/m1/s1. The van der Waals surface area contributed by atoms with Crippen LogP contribution in [0.15, 0.2) is 59.1 Å². The molecule has 2 aromatic rings. The van der Waals surface area contributed by atoms with E-state index in [9.17, 15) is 4.79 Å². The molecule has 1 aliphatic rings. The van der Waals surface area contributed by atoms with E-state index in [1.165, 1.54) is 0 Å². The summed E-state index contributed by atoms with van der Waals surface area (Å²) < 4.78 is 6.44. The van der Waals surface area contributed by atoms with Gasteiger partial charge in [0.05, 0.1) is 0 Å². The van der Waals surface area contributed by atoms with E-state index in [1.807, 2.05) is 54.6 Å². The molecule has 2 atom stereocenters. The minimum absolute atomic E-state index is 0.105. The summed E-state index contributed by atoms with van der Waals surface area (Å²) in [6.07, 6.45) is -0.557. The van der Waals surface area contributed by atoms with Crippen molar-refractivity contribution >= 4 is 27.5 Å². The first-order valence-corrected chi connectivity index (χ1v) is 6.81. The molecule has 19 heavy (non-hydrogen) atoms. The Morgan fingerprint density at radius 3 is 2.47 bits per heavy atom. The maximum atomic E-state index is 12.0. The molecule has 3 nitrogen and oxygen atoms in total. The second-order valence-corrected chi connectivity index (χ2v) is 5.21. The molecule has 0 aromatic heterocycles. The molecule has 0 spiro atoms. The Balaban J connectivity index is 1.67. The van der Waals surface area contributed by atoms with Crippen LogP contribution in [0.4, 0.5) is 5.69 Å². The fourth-order valence-electron chi connectivity index (χ4n) is 1.99. The molecule has 1 amide bonds. The van der Waals surface area contributed by atoms with Gasteiger partial charge >= 0.3 is 0 Å². The van der Waals surface area contributed by atoms with E-state index in [2.05, 4.69) is 21.2 Å². The highest BCUT2D eigenvalue weighted by Gasteiger charge is 2.46. The second kappa shape index (κ2) is 5.15. The van der Waals surface area contributed by atoms with Gasteiger partial charge in [-0.25, -0.2) is 0 Å². The van der Waals surface area contributed by atoms with Gasteiger partial charge in [-0.15, -0.1) is 0 Å². The molecule has 1 fully saturated rings. The molecule has 2 aromatic carbocycles. The molecule has 1 saturated heterocycles. The molecule has 0 bridgehead atoms. The average molecular weight is 318 g/mol. The number of hydrogen-bond acceptors (Lipinski definition) is 2. The third kappa shape index (κ3) is 2.69. The lowest BCUT2D eigenvalue weighted by molar-refractivity contribution is -0.117. The topological polar surface area (TPSA) is 41.6 Å². The summed E-state index contributed by atoms with van der Waals surface area (Å²) in [7, 11) is 0. The van der Waals surface area contributed by atoms with Crippen LogP contribution in [-0.4, -0.2) is 12.0 Å². The minimum atomic E-state index is -0.404. The number of benzene rings is 2. The Kier molecular flexibility index (Phi) is 3.36. The summed E-state index contributed by atoms with van der Waals surface area (Å²) >= 11 is 3.47. The predicted octanol–water partition coefficient (Wildman–Crippen LogP) is 3.53. The summed E-state index contributed by atoms with van der Waals surface area (Å²) in [4.78, 5) is 12.0. The first kappa shape index (κ1) is 12.4. The maximum Gasteiger partial charge on any atom is 0.256 e. The molecular formula is C15H12BrNO2. The molecule has 1 N–H and O–H groups in total. The van der Waals surface area contributed by atoms with Crippen molar-refractivity contribution in [3.05, 3.63) is 64.6 Å². The van der Waals surface area contributed by atoms with Gasteiger partial charge in [0.15, 0.2) is 6.10 Å². The van der Waals surface area contributed by atoms with Gasteiger partial charge in [-0.05, 0) is 23.8 Å². The van der Waals surface area contributed by atoms with Crippen molar-refractivity contribution in [2.45, 2.75) is 12.2 Å². The van der Waals surface area contributed by atoms with E-state index < -0.39 is 6.10 Å². The number of halogens is 1. The molecule has 0 saturated carbocycles. The number of rotatable bonds is 3. The third-order valence-electron chi connectivity index (χ3n) is 3.00. The fourth-order valence-corrected chi connectivity index (χ4v) is 2.50. The number of hydrogen-bond donors (Lipinski definition) is 1. The van der Waals surface area contributed by atoms with Gasteiger partial charge in [0.2, 0.25) is 0 Å². The van der Waals surface area contributed by atoms with Crippen molar-refractivity contribution in [3.8, 4) is 0 Å². The van der Waals surface area contributed by atoms with Crippen molar-refractivity contribution in [1.29, 1.82) is 0 Å². The second-order valence-electron chi connectivity index (χ2n) is 4.35. The minimum Gasteiger partial charge on any atom is -0.354 e. The van der Waals surface area contributed by atoms with E-state index in [4.69, 9.17) is 4.74 Å². The van der Waals surface area contributed by atoms with Crippen LogP contribution in [-0.2, 0) is 9.53 Å². The highest BCUT2D eigenvalue weighted by atomic mass is 79.9. The molecule has 1 aliphatic heterocycles. The van der Waals surface area contributed by atoms with Crippen LogP contribution in [0.2, 0.25) is 0 Å². The SMILES string of the molecule is O=C(Nc1ccccc1)[C@@H]1O[C@@H]1c1ccccc1Br. The molecule has 3 rings (SSSR count). The first-order valence-electron chi connectivity index (χ1n) is 6.01. The van der Waals surface area contributed by atoms with Crippen LogP contribution < -0.4 is 5.32 Å². The van der Waals surface area contributed by atoms with Gasteiger partial charge in [0, 0.05) is 10.2 Å². The number of carbonyl (C=O) groups excluding carboxylic acids is 1. The van der Waals surface area contributed by atoms with Crippen LogP contribution in [0, 0.1) is 0 Å². The molecule has 0 unspecified atom stereocenters. The number of ether oxygens (including phenoxy) is 1. The average Bonchev–Trinajstić information content (AvgIpc) is 3.21. The Morgan fingerprint density at radius 1 is 1.05 bits per heavy atom. The molecular weight excluding hydrogens is 306 g/mol. The monoisotopic (exact) mass is 317 g/mol. The molecule has 96 valence electrons. The molecule has 0 radical (unpaired) electrons. The number of para-hydroxylation sites is 1. The molecule has 0 aliphatic carbocycles. The van der Waals surface area contributed by atoms with Crippen LogP contribution in [0.3, 0.4) is 0 Å². The van der Waals surface area contributed by atoms with E-state index >= 15 is 0 Å². The number of nitrogens with one attached hydrogen (secondary N) is 1. The van der Waals surface area contributed by atoms with Crippen LogP contribution >= 0.6 is 15.9 Å². The van der Waals surface area contributed by atoms with E-state index in [1.54, 1.807) is 0 Å². The number of epoxide rings is 1. The number of amides is 1. The number of carbonyl (C=O) groups is 1. The smallest absolute Gasteiger partial charge is 0.256 e. The van der Waals surface area contributed by atoms with Crippen molar-refractivity contribution < 1.29 is 9.53 Å². The van der Waals surface area contributed by atoms with E-state index in [0.717, 1.165) is 15.7 Å². The van der Waals surface area contributed by atoms with Crippen molar-refractivity contribution in [1.82, 2.24) is 0 Å². The Bertz CT molecular complexity index is 600. The zero-order valence-electron chi connectivity index (χ0n) is 10.0. The van der Waals surface area contributed by atoms with Gasteiger partial charge < -0.3 is 10.1 Å². The summed E-state index contributed by atoms with van der Waals surface area (Å²) in [5, 5.41) is 2.84. The molecule has 4 heteroatoms. The highest BCUT2D eigenvalue weighted by molar-refractivity contribution is 9.10. The van der Waals surface area contributed by atoms with Gasteiger partial charge in [-0.1, -0.05) is 52.3 Å². The van der Waals surface area contributed by atoms with Gasteiger partial charge in [-0.3, -0.25) is 4.79 Å². The third-order valence-corrected chi connectivity index (χ3v) is 3.73. The quantitative estimate of drug-likeness (QED) is 0.880. The first-order chi connectivity index (χ1) is 9.25. The zero-order valence-corrected chi connectivity index (χ0v) is 11.6. The van der Waals surface area contributed by atoms with Crippen LogP contribution in [0.1, 0.15) is 11.7 Å². The summed E-state index contributed by atoms with van der Waals surface area (Å²) in [5.41, 5.74) is 1.80. The Hall–Kier alpha value is -1.65. The Labute approximate surface area is 119 Å². The van der Waals surface area contributed by atoms with Crippen LogP contribution in [0.5, 0.6) is 0 Å². The number of anilines is 1. The zero-order chi connectivity index (χ0) is 13.2. The Morgan fingerprint density at radius 2 is 1.74 bits per heavy atom. The highest BCUT2D eigenvalue weighted by Crippen LogP contribution is 2.42. The predicted molar refractivity (Wildman–Crippen MR) is 76.8 cm³/mol. The van der Waals surface area contributed by atoms with Gasteiger partial charge in [0.1, 0.15) is 6.10 Å². The lowest BCUT2D eigenvalue weighted by Crippen LogP contribution is -2.18. The van der Waals surface area contributed by atoms with Gasteiger partial charge in [0.25, 0.3) is 5.91 Å². The van der Waals surface area contributed by atoms with Crippen LogP contribution in [0.25, 0.3) is 0 Å². The van der Waals surface area contributed by atoms with E-state index in [0.29, 0.717) is 0 Å². The maximum absolute atomic E-state index is 12.0. The van der Waals surface area contributed by atoms with Gasteiger partial charge in [-0.2, -0.15) is 0 Å². The van der Waals surface area contributed by atoms with Crippen molar-refractivity contribution in [2.24, 2.45) is 0 Å². The van der Waals surface area contributed by atoms with E-state index in [-0.39, 0.29) is 12.0 Å². The largest absolute Gasteiger partial charge is 0.354 e. The molecule has 1 heterocycles. The fraction of sp³-hybridized carbons (Fsp3) is 0.133. The lowest BCUT2D eigenvalue weighted by Gasteiger charge is -2.02. The van der Waals surface area contributed by atoms with Crippen molar-refractivity contribution in [2.75, 3.05) is 5.32 Å². The summed E-state index contributed by atoms with van der Waals surface area (Å²) in [6, 6.07) is 17.2. The summed E-state index contributed by atoms with van der Waals surface area (Å²) in [5.74, 6) is -0.105. The summed E-state index contributed by atoms with van der Waals surface area (Å²) in [6.45, 7) is 0. The normalized spacial score (nSPS) is 20.9. The lowest BCUT2D eigenvalue weighted by atomic mass is 10.1.